The average Bonchev–Trinajstić information content (AvgIpc) is 3.70. The molecule has 0 atom stereocenters. The molecule has 10 rings (SSSR count). The van der Waals surface area contributed by atoms with E-state index >= 15 is 0 Å². The maximum Gasteiger partial charge on any atom is 0.160 e. The second kappa shape index (κ2) is 12.0. The van der Waals surface area contributed by atoms with Crippen molar-refractivity contribution < 1.29 is 0 Å². The Morgan fingerprint density at radius 1 is 0.404 bits per heavy atom. The van der Waals surface area contributed by atoms with Crippen molar-refractivity contribution in [2.75, 3.05) is 0 Å². The lowest BCUT2D eigenvalue weighted by Crippen LogP contribution is -2.14. The number of fused-ring (bicyclic) bond motifs is 6. The van der Waals surface area contributed by atoms with Gasteiger partial charge in [-0.15, -0.1) is 11.3 Å². The zero-order valence-electron chi connectivity index (χ0n) is 29.0. The molecule has 0 fully saturated rings. The van der Waals surface area contributed by atoms with Gasteiger partial charge in [-0.05, 0) is 62.7 Å². The molecule has 0 saturated carbocycles. The summed E-state index contributed by atoms with van der Waals surface area (Å²) in [5.74, 6) is 0.726. The minimum absolute atomic E-state index is 0.0833. The summed E-state index contributed by atoms with van der Waals surface area (Å²) < 4.78 is 2.67. The predicted octanol–water partition coefficient (Wildman–Crippen LogP) is 13.5. The first-order chi connectivity index (χ1) is 25.5. The number of hydrogen-bond acceptors (Lipinski definition) is 3. The Hall–Kier alpha value is -6.16. The van der Waals surface area contributed by atoms with Gasteiger partial charge in [-0.3, -0.25) is 0 Å². The van der Waals surface area contributed by atoms with E-state index in [1.54, 1.807) is 0 Å². The van der Waals surface area contributed by atoms with Gasteiger partial charge in [-0.2, -0.15) is 0 Å². The fourth-order valence-electron chi connectivity index (χ4n) is 7.97. The number of aromatic nitrogens is 2. The molecule has 9 aromatic rings. The van der Waals surface area contributed by atoms with Gasteiger partial charge in [0.2, 0.25) is 0 Å². The Kier molecular flexibility index (Phi) is 7.06. The van der Waals surface area contributed by atoms with Gasteiger partial charge in [0.15, 0.2) is 5.82 Å². The van der Waals surface area contributed by atoms with Crippen molar-refractivity contribution in [3.05, 3.63) is 181 Å². The van der Waals surface area contributed by atoms with Gasteiger partial charge in [0.1, 0.15) is 0 Å². The summed E-state index contributed by atoms with van der Waals surface area (Å²) in [6.45, 7) is 4.65. The van der Waals surface area contributed by atoms with E-state index in [-0.39, 0.29) is 5.41 Å². The van der Waals surface area contributed by atoms with Gasteiger partial charge in [-0.1, -0.05) is 166 Å². The lowest BCUT2D eigenvalue weighted by Gasteiger charge is -2.22. The van der Waals surface area contributed by atoms with E-state index in [0.717, 1.165) is 33.9 Å². The van der Waals surface area contributed by atoms with Crippen molar-refractivity contribution in [1.82, 2.24) is 9.97 Å². The molecule has 2 nitrogen and oxygen atoms in total. The normalized spacial score (nSPS) is 13.0. The molecule has 0 radical (unpaired) electrons. The zero-order chi connectivity index (χ0) is 34.8. The second-order valence-electron chi connectivity index (χ2n) is 14.2. The molecule has 0 N–H and O–H groups in total. The quantitative estimate of drug-likeness (QED) is 0.181. The van der Waals surface area contributed by atoms with Crippen LogP contribution in [0.25, 0.3) is 87.5 Å². The lowest BCUT2D eigenvalue weighted by atomic mass is 9.82. The highest BCUT2D eigenvalue weighted by molar-refractivity contribution is 7.26. The summed E-state index contributed by atoms with van der Waals surface area (Å²) in [5.41, 5.74) is 15.1. The van der Waals surface area contributed by atoms with Gasteiger partial charge in [0.05, 0.1) is 11.4 Å². The van der Waals surface area contributed by atoms with E-state index in [9.17, 15) is 0 Å². The van der Waals surface area contributed by atoms with Gasteiger partial charge in [-0.25, -0.2) is 9.97 Å². The largest absolute Gasteiger partial charge is 0.228 e. The molecule has 0 saturated heterocycles. The van der Waals surface area contributed by atoms with Crippen molar-refractivity contribution in [2.45, 2.75) is 19.3 Å². The molecular weight excluding hydrogens is 649 g/mol. The maximum atomic E-state index is 5.14. The van der Waals surface area contributed by atoms with Crippen LogP contribution in [0.3, 0.4) is 0 Å². The van der Waals surface area contributed by atoms with Crippen molar-refractivity contribution in [3.8, 4) is 67.3 Å². The van der Waals surface area contributed by atoms with Crippen LogP contribution in [0.2, 0.25) is 0 Å². The summed E-state index contributed by atoms with van der Waals surface area (Å²) in [4.78, 5) is 10.3. The molecule has 3 heteroatoms. The third kappa shape index (κ3) is 5.00. The second-order valence-corrected chi connectivity index (χ2v) is 15.2. The number of thiophene rings is 1. The number of hydrogen-bond donors (Lipinski definition) is 0. The van der Waals surface area contributed by atoms with E-state index in [2.05, 4.69) is 166 Å². The monoisotopic (exact) mass is 682 g/mol. The van der Waals surface area contributed by atoms with Gasteiger partial charge in [0.25, 0.3) is 0 Å². The predicted molar refractivity (Wildman–Crippen MR) is 220 cm³/mol. The fourth-order valence-corrected chi connectivity index (χ4v) is 9.21. The third-order valence-electron chi connectivity index (χ3n) is 10.8. The molecule has 0 unspecified atom stereocenters. The topological polar surface area (TPSA) is 25.8 Å². The lowest BCUT2D eigenvalue weighted by molar-refractivity contribution is 0.660. The third-order valence-corrected chi connectivity index (χ3v) is 12.0. The van der Waals surface area contributed by atoms with Gasteiger partial charge >= 0.3 is 0 Å². The Labute approximate surface area is 307 Å². The molecule has 246 valence electrons. The van der Waals surface area contributed by atoms with Crippen LogP contribution in [-0.2, 0) is 5.41 Å². The minimum atomic E-state index is -0.0833. The first-order valence-electron chi connectivity index (χ1n) is 17.8. The Morgan fingerprint density at radius 3 is 1.77 bits per heavy atom. The zero-order valence-corrected chi connectivity index (χ0v) is 29.8. The molecular formula is C49H34N2S. The average molecular weight is 683 g/mol. The van der Waals surface area contributed by atoms with E-state index in [4.69, 9.17) is 9.97 Å². The standard InChI is InChI=1S/C49H34N2S/c1-49(2)42-17-8-6-13-38(42)39-28-27-36(29-43(39)49)45-30-44(50-48(51-45)35-11-4-3-5-12-35)34-25-21-32(22-26-34)31-19-23-33(24-20-31)37-15-10-16-41-40-14-7-9-18-46(40)52-47(37)41/h3-30H,1-2H3. The Morgan fingerprint density at radius 2 is 0.981 bits per heavy atom. The molecule has 7 aromatic carbocycles. The highest BCUT2D eigenvalue weighted by Crippen LogP contribution is 2.49. The highest BCUT2D eigenvalue weighted by Gasteiger charge is 2.35. The Bertz CT molecular complexity index is 2790. The first-order valence-corrected chi connectivity index (χ1v) is 18.6. The summed E-state index contributed by atoms with van der Waals surface area (Å²) >= 11 is 1.87. The van der Waals surface area contributed by atoms with Crippen LogP contribution in [0.15, 0.2) is 170 Å². The molecule has 0 amide bonds. The number of rotatable bonds is 5. The van der Waals surface area contributed by atoms with Gasteiger partial charge in [0, 0.05) is 42.3 Å². The van der Waals surface area contributed by atoms with E-state index in [0.29, 0.717) is 0 Å². The van der Waals surface area contributed by atoms with Crippen LogP contribution in [0.1, 0.15) is 25.0 Å². The van der Waals surface area contributed by atoms with Crippen molar-refractivity contribution in [3.63, 3.8) is 0 Å². The van der Waals surface area contributed by atoms with Crippen LogP contribution < -0.4 is 0 Å². The number of nitrogens with zero attached hydrogens (tertiary/aromatic N) is 2. The smallest absolute Gasteiger partial charge is 0.160 e. The molecule has 1 aliphatic rings. The van der Waals surface area contributed by atoms with Crippen LogP contribution in [0, 0.1) is 0 Å². The molecule has 0 bridgehead atoms. The van der Waals surface area contributed by atoms with Crippen molar-refractivity contribution in [1.29, 1.82) is 0 Å². The molecule has 2 heterocycles. The van der Waals surface area contributed by atoms with Gasteiger partial charge < -0.3 is 0 Å². The van der Waals surface area contributed by atoms with Crippen LogP contribution in [0.4, 0.5) is 0 Å². The Balaban J connectivity index is 0.999. The summed E-state index contributed by atoms with van der Waals surface area (Å²) in [7, 11) is 0. The summed E-state index contributed by atoms with van der Waals surface area (Å²) in [6, 6.07) is 61.1. The minimum Gasteiger partial charge on any atom is -0.228 e. The van der Waals surface area contributed by atoms with Crippen molar-refractivity contribution >= 4 is 31.5 Å². The van der Waals surface area contributed by atoms with Crippen LogP contribution >= 0.6 is 11.3 Å². The molecule has 0 spiro atoms. The number of benzene rings is 7. The maximum absolute atomic E-state index is 5.14. The highest BCUT2D eigenvalue weighted by atomic mass is 32.1. The molecule has 1 aliphatic carbocycles. The SMILES string of the molecule is CC1(C)c2ccccc2-c2ccc(-c3cc(-c4ccc(-c5ccc(-c6cccc7c6sc6ccccc67)cc5)cc4)nc(-c4ccccc4)n3)cc21. The van der Waals surface area contributed by atoms with Crippen molar-refractivity contribution in [2.24, 2.45) is 0 Å². The summed E-state index contributed by atoms with van der Waals surface area (Å²) in [5, 5.41) is 2.65. The van der Waals surface area contributed by atoms with E-state index in [1.165, 1.54) is 64.7 Å². The fraction of sp³-hybridized carbons (Fsp3) is 0.0612. The van der Waals surface area contributed by atoms with Crippen LogP contribution in [-0.4, -0.2) is 9.97 Å². The summed E-state index contributed by atoms with van der Waals surface area (Å²) in [6.07, 6.45) is 0. The first kappa shape index (κ1) is 30.6. The molecule has 0 aliphatic heterocycles. The van der Waals surface area contributed by atoms with Crippen LogP contribution in [0.5, 0.6) is 0 Å². The molecule has 52 heavy (non-hydrogen) atoms. The van der Waals surface area contributed by atoms with E-state index < -0.39 is 0 Å². The molecule has 2 aromatic heterocycles. The van der Waals surface area contributed by atoms with E-state index in [1.807, 2.05) is 29.5 Å².